The summed E-state index contributed by atoms with van der Waals surface area (Å²) in [7, 11) is -4.07. The van der Waals surface area contributed by atoms with E-state index >= 15 is 0 Å². The molecule has 0 spiro atoms. The Morgan fingerprint density at radius 1 is 1.11 bits per heavy atom. The minimum absolute atomic E-state index is 0.166. The first-order chi connectivity index (χ1) is 13.0. The van der Waals surface area contributed by atoms with E-state index in [0.29, 0.717) is 6.54 Å². The predicted octanol–water partition coefficient (Wildman–Crippen LogP) is 1.89. The fourth-order valence-electron chi connectivity index (χ4n) is 3.20. The number of sulfonamides is 1. The molecule has 3 rings (SSSR count). The van der Waals surface area contributed by atoms with Crippen LogP contribution in [0, 0.1) is 5.82 Å². The van der Waals surface area contributed by atoms with Gasteiger partial charge in [0.1, 0.15) is 10.7 Å². The van der Waals surface area contributed by atoms with Gasteiger partial charge < -0.3 is 10.2 Å². The molecule has 0 aliphatic carbocycles. The minimum atomic E-state index is -4.07. The fourth-order valence-corrected chi connectivity index (χ4v) is 4.26. The van der Waals surface area contributed by atoms with E-state index in [0.717, 1.165) is 37.2 Å². The van der Waals surface area contributed by atoms with Crippen LogP contribution >= 0.6 is 0 Å². The van der Waals surface area contributed by atoms with Crippen LogP contribution in [-0.2, 0) is 14.8 Å². The van der Waals surface area contributed by atoms with Crippen LogP contribution in [0.2, 0.25) is 0 Å². The smallest absolute Gasteiger partial charge is 0.243 e. The summed E-state index contributed by atoms with van der Waals surface area (Å²) in [5.74, 6) is -1.30. The molecule has 8 heteroatoms. The van der Waals surface area contributed by atoms with Crippen molar-refractivity contribution in [1.29, 1.82) is 0 Å². The Balaban J connectivity index is 1.52. The van der Waals surface area contributed by atoms with Gasteiger partial charge in [0, 0.05) is 24.8 Å². The van der Waals surface area contributed by atoms with Crippen LogP contribution in [0.5, 0.6) is 0 Å². The Bertz CT molecular complexity index is 890. The second-order valence-electron chi connectivity index (χ2n) is 6.38. The van der Waals surface area contributed by atoms with Gasteiger partial charge in [-0.05, 0) is 37.1 Å². The van der Waals surface area contributed by atoms with Gasteiger partial charge >= 0.3 is 0 Å². The number of hydrogen-bond donors (Lipinski definition) is 2. The van der Waals surface area contributed by atoms with Gasteiger partial charge in [0.15, 0.2) is 0 Å². The highest BCUT2D eigenvalue weighted by atomic mass is 32.2. The molecule has 0 bridgehead atoms. The largest absolute Gasteiger partial charge is 0.367 e. The van der Waals surface area contributed by atoms with E-state index in [2.05, 4.69) is 14.9 Å². The first-order valence-electron chi connectivity index (χ1n) is 8.80. The normalized spacial score (nSPS) is 17.1. The molecule has 2 N–H and O–H groups in total. The first-order valence-corrected chi connectivity index (χ1v) is 10.3. The Kier molecular flexibility index (Phi) is 6.08. The van der Waals surface area contributed by atoms with Crippen molar-refractivity contribution in [3.8, 4) is 0 Å². The molecule has 0 unspecified atom stereocenters. The van der Waals surface area contributed by atoms with Gasteiger partial charge in [-0.1, -0.05) is 30.3 Å². The molecule has 1 fully saturated rings. The van der Waals surface area contributed by atoms with Gasteiger partial charge in [-0.3, -0.25) is 4.79 Å². The van der Waals surface area contributed by atoms with Crippen LogP contribution in [0.4, 0.5) is 10.1 Å². The minimum Gasteiger partial charge on any atom is -0.367 e. The standard InChI is InChI=1S/C19H22FN3O3S/c20-17-10-4-5-11-18(17)27(25,26)22-14-19(24)21-13-16-9-6-12-23(16)15-7-2-1-3-8-15/h1-5,7-8,10-11,16,22H,6,9,12-14H2,(H,21,24)/t16-/m0/s1. The summed E-state index contributed by atoms with van der Waals surface area (Å²) in [6.45, 7) is 0.911. The molecule has 0 aromatic heterocycles. The lowest BCUT2D eigenvalue weighted by molar-refractivity contribution is -0.120. The highest BCUT2D eigenvalue weighted by molar-refractivity contribution is 7.89. The van der Waals surface area contributed by atoms with E-state index in [1.807, 2.05) is 30.3 Å². The Labute approximate surface area is 158 Å². The SMILES string of the molecule is O=C(CNS(=O)(=O)c1ccccc1F)NC[C@@H]1CCCN1c1ccccc1. The quantitative estimate of drug-likeness (QED) is 0.756. The molecule has 2 aromatic carbocycles. The van der Waals surface area contributed by atoms with E-state index in [1.165, 1.54) is 12.1 Å². The summed E-state index contributed by atoms with van der Waals surface area (Å²) in [5, 5.41) is 2.76. The summed E-state index contributed by atoms with van der Waals surface area (Å²) in [5.41, 5.74) is 1.11. The summed E-state index contributed by atoms with van der Waals surface area (Å²) >= 11 is 0. The maximum Gasteiger partial charge on any atom is 0.243 e. The van der Waals surface area contributed by atoms with Crippen molar-refractivity contribution in [1.82, 2.24) is 10.0 Å². The molecule has 1 aliphatic rings. The first kappa shape index (κ1) is 19.3. The number of nitrogens with one attached hydrogen (secondary N) is 2. The fraction of sp³-hybridized carbons (Fsp3) is 0.316. The third-order valence-corrected chi connectivity index (χ3v) is 5.98. The summed E-state index contributed by atoms with van der Waals surface area (Å²) in [6, 6.07) is 15.2. The molecule has 1 aliphatic heterocycles. The number of carbonyl (C=O) groups is 1. The molecule has 6 nitrogen and oxygen atoms in total. The zero-order valence-corrected chi connectivity index (χ0v) is 15.6. The number of para-hydroxylation sites is 1. The average Bonchev–Trinajstić information content (AvgIpc) is 3.14. The van der Waals surface area contributed by atoms with Crippen molar-refractivity contribution < 1.29 is 17.6 Å². The van der Waals surface area contributed by atoms with Crippen LogP contribution < -0.4 is 14.9 Å². The van der Waals surface area contributed by atoms with Crippen molar-refractivity contribution >= 4 is 21.6 Å². The number of benzene rings is 2. The van der Waals surface area contributed by atoms with Crippen molar-refractivity contribution in [3.05, 3.63) is 60.4 Å². The Morgan fingerprint density at radius 3 is 2.56 bits per heavy atom. The monoisotopic (exact) mass is 391 g/mol. The summed E-state index contributed by atoms with van der Waals surface area (Å²) in [6.07, 6.45) is 1.99. The maximum absolute atomic E-state index is 13.6. The lowest BCUT2D eigenvalue weighted by atomic mass is 10.2. The molecule has 1 heterocycles. The molecule has 27 heavy (non-hydrogen) atoms. The second-order valence-corrected chi connectivity index (χ2v) is 8.12. The van der Waals surface area contributed by atoms with E-state index in [-0.39, 0.29) is 6.04 Å². The lowest BCUT2D eigenvalue weighted by Crippen LogP contribution is -2.43. The van der Waals surface area contributed by atoms with Crippen molar-refractivity contribution in [3.63, 3.8) is 0 Å². The van der Waals surface area contributed by atoms with Crippen molar-refractivity contribution in [2.75, 3.05) is 24.5 Å². The third-order valence-electron chi connectivity index (χ3n) is 4.55. The van der Waals surface area contributed by atoms with E-state index in [1.54, 1.807) is 0 Å². The number of hydrogen-bond acceptors (Lipinski definition) is 4. The molecule has 1 atom stereocenters. The highest BCUT2D eigenvalue weighted by Gasteiger charge is 2.25. The third kappa shape index (κ3) is 4.84. The molecule has 1 amide bonds. The number of nitrogens with zero attached hydrogens (tertiary/aromatic N) is 1. The van der Waals surface area contributed by atoms with Gasteiger partial charge in [-0.25, -0.2) is 17.5 Å². The van der Waals surface area contributed by atoms with Gasteiger partial charge in [0.05, 0.1) is 6.54 Å². The number of carbonyl (C=O) groups excluding carboxylic acids is 1. The van der Waals surface area contributed by atoms with Gasteiger partial charge in [0.2, 0.25) is 15.9 Å². The molecule has 144 valence electrons. The van der Waals surface area contributed by atoms with Crippen molar-refractivity contribution in [2.24, 2.45) is 0 Å². The Hall–Kier alpha value is -2.45. The predicted molar refractivity (Wildman–Crippen MR) is 101 cm³/mol. The second kappa shape index (κ2) is 8.49. The average molecular weight is 391 g/mol. The van der Waals surface area contributed by atoms with Crippen LogP contribution in [0.3, 0.4) is 0 Å². The molecular formula is C19H22FN3O3S. The zero-order valence-electron chi connectivity index (χ0n) is 14.8. The van der Waals surface area contributed by atoms with E-state index < -0.39 is 33.2 Å². The van der Waals surface area contributed by atoms with Crippen molar-refractivity contribution in [2.45, 2.75) is 23.8 Å². The zero-order chi connectivity index (χ0) is 19.3. The van der Waals surface area contributed by atoms with Gasteiger partial charge in [-0.15, -0.1) is 0 Å². The molecular weight excluding hydrogens is 369 g/mol. The Morgan fingerprint density at radius 2 is 1.81 bits per heavy atom. The van der Waals surface area contributed by atoms with Crippen LogP contribution in [-0.4, -0.2) is 40.0 Å². The van der Waals surface area contributed by atoms with E-state index in [9.17, 15) is 17.6 Å². The summed E-state index contributed by atoms with van der Waals surface area (Å²) < 4.78 is 40.0. The molecule has 0 radical (unpaired) electrons. The van der Waals surface area contributed by atoms with Gasteiger partial charge in [-0.2, -0.15) is 0 Å². The van der Waals surface area contributed by atoms with Crippen LogP contribution in [0.15, 0.2) is 59.5 Å². The number of amides is 1. The van der Waals surface area contributed by atoms with Crippen LogP contribution in [0.1, 0.15) is 12.8 Å². The molecule has 1 saturated heterocycles. The molecule has 2 aromatic rings. The summed E-state index contributed by atoms with van der Waals surface area (Å²) in [4.78, 5) is 13.8. The number of anilines is 1. The topological polar surface area (TPSA) is 78.5 Å². The van der Waals surface area contributed by atoms with E-state index in [4.69, 9.17) is 0 Å². The van der Waals surface area contributed by atoms with Crippen LogP contribution in [0.25, 0.3) is 0 Å². The molecule has 0 saturated carbocycles. The highest BCUT2D eigenvalue weighted by Crippen LogP contribution is 2.24. The van der Waals surface area contributed by atoms with Gasteiger partial charge in [0.25, 0.3) is 0 Å². The maximum atomic E-state index is 13.6. The lowest BCUT2D eigenvalue weighted by Gasteiger charge is -2.27. The number of halogens is 1. The number of rotatable bonds is 7.